The zero-order valence-corrected chi connectivity index (χ0v) is 25.7. The highest BCUT2D eigenvalue weighted by Crippen LogP contribution is 2.58. The quantitative estimate of drug-likeness (QED) is 0.207. The minimum atomic E-state index is -0.685. The molecule has 4 heteroatoms. The molecule has 2 nitrogen and oxygen atoms in total. The fourth-order valence-corrected chi connectivity index (χ4v) is 9.21. The Morgan fingerprint density at radius 2 is 0.844 bits per heavy atom. The van der Waals surface area contributed by atoms with Gasteiger partial charge >= 0.3 is 0 Å². The lowest BCUT2D eigenvalue weighted by atomic mass is 9.67. The molecule has 0 saturated carbocycles. The highest BCUT2D eigenvalue weighted by Gasteiger charge is 2.46. The number of benzene rings is 6. The maximum absolute atomic E-state index is 10.4. The second-order valence-corrected chi connectivity index (χ2v) is 13.5. The summed E-state index contributed by atoms with van der Waals surface area (Å²) in [5.74, 6) is 0.463. The Labute approximate surface area is 268 Å². The van der Waals surface area contributed by atoms with Gasteiger partial charge in [-0.25, -0.2) is 0 Å². The van der Waals surface area contributed by atoms with Crippen molar-refractivity contribution in [2.45, 2.75) is 5.41 Å². The lowest BCUT2D eigenvalue weighted by molar-refractivity contribution is 0.475. The lowest BCUT2D eigenvalue weighted by Gasteiger charge is -2.34. The molecule has 2 aromatic heterocycles. The summed E-state index contributed by atoms with van der Waals surface area (Å²) in [5.41, 5.74) is 11.0. The fourth-order valence-electron chi connectivity index (χ4n) is 7.27. The van der Waals surface area contributed by atoms with E-state index in [2.05, 4.69) is 95.7 Å². The van der Waals surface area contributed by atoms with E-state index < -0.39 is 5.41 Å². The summed E-state index contributed by atoms with van der Waals surface area (Å²) in [6.07, 6.45) is 0. The first-order valence-corrected chi connectivity index (χ1v) is 16.7. The van der Waals surface area contributed by atoms with Crippen molar-refractivity contribution in [2.75, 3.05) is 0 Å². The molecule has 0 amide bonds. The number of phenolic OH excluding ortho intramolecular Hbond substituents is 2. The van der Waals surface area contributed by atoms with Crippen LogP contribution < -0.4 is 0 Å². The van der Waals surface area contributed by atoms with Crippen molar-refractivity contribution in [3.05, 3.63) is 166 Å². The zero-order chi connectivity index (χ0) is 30.1. The van der Waals surface area contributed by atoms with Crippen molar-refractivity contribution in [3.8, 4) is 44.9 Å². The molecule has 1 aliphatic rings. The van der Waals surface area contributed by atoms with Gasteiger partial charge in [0.15, 0.2) is 0 Å². The Morgan fingerprint density at radius 3 is 1.29 bits per heavy atom. The van der Waals surface area contributed by atoms with E-state index >= 15 is 0 Å². The summed E-state index contributed by atoms with van der Waals surface area (Å²) in [5, 5.41) is 27.8. The van der Waals surface area contributed by atoms with Gasteiger partial charge in [0.1, 0.15) is 11.5 Å². The lowest BCUT2D eigenvalue weighted by Crippen LogP contribution is -2.28. The Morgan fingerprint density at radius 1 is 0.422 bits per heavy atom. The van der Waals surface area contributed by atoms with Crippen LogP contribution in [0, 0.1) is 0 Å². The van der Waals surface area contributed by atoms with Crippen LogP contribution in [-0.4, -0.2) is 10.2 Å². The van der Waals surface area contributed by atoms with E-state index in [1.165, 1.54) is 64.7 Å². The molecule has 0 fully saturated rings. The summed E-state index contributed by atoms with van der Waals surface area (Å²) in [7, 11) is 0. The molecular weight excluding hydrogens is 589 g/mol. The first kappa shape index (κ1) is 26.3. The van der Waals surface area contributed by atoms with Gasteiger partial charge in [-0.1, -0.05) is 84.9 Å². The molecule has 6 aromatic carbocycles. The molecule has 0 saturated heterocycles. The summed E-state index contributed by atoms with van der Waals surface area (Å²) in [4.78, 5) is 0. The molecule has 0 spiro atoms. The van der Waals surface area contributed by atoms with E-state index in [4.69, 9.17) is 0 Å². The molecule has 0 unspecified atom stereocenters. The van der Waals surface area contributed by atoms with Gasteiger partial charge in [-0.15, -0.1) is 22.7 Å². The smallest absolute Gasteiger partial charge is 0.115 e. The van der Waals surface area contributed by atoms with Crippen molar-refractivity contribution in [1.29, 1.82) is 0 Å². The van der Waals surface area contributed by atoms with E-state index in [0.29, 0.717) is 0 Å². The Bertz CT molecular complexity index is 2220. The third-order valence-corrected chi connectivity index (χ3v) is 11.2. The first-order chi connectivity index (χ1) is 22.1. The topological polar surface area (TPSA) is 40.5 Å². The zero-order valence-electron chi connectivity index (χ0n) is 24.1. The molecule has 0 aliphatic heterocycles. The van der Waals surface area contributed by atoms with Gasteiger partial charge < -0.3 is 10.2 Å². The summed E-state index contributed by atoms with van der Waals surface area (Å²) < 4.78 is 2.54. The van der Waals surface area contributed by atoms with Crippen molar-refractivity contribution >= 4 is 42.8 Å². The number of rotatable bonds is 4. The minimum absolute atomic E-state index is 0.232. The average molecular weight is 615 g/mol. The van der Waals surface area contributed by atoms with Crippen LogP contribution in [0.1, 0.15) is 22.3 Å². The molecule has 8 aromatic rings. The molecule has 214 valence electrons. The van der Waals surface area contributed by atoms with Crippen molar-refractivity contribution in [2.24, 2.45) is 0 Å². The van der Waals surface area contributed by atoms with Crippen LogP contribution in [0.25, 0.3) is 53.6 Å². The monoisotopic (exact) mass is 614 g/mol. The van der Waals surface area contributed by atoms with E-state index in [1.54, 1.807) is 46.9 Å². The largest absolute Gasteiger partial charge is 0.508 e. The van der Waals surface area contributed by atoms with E-state index in [9.17, 15) is 10.2 Å². The van der Waals surface area contributed by atoms with Gasteiger partial charge in [0.2, 0.25) is 0 Å². The van der Waals surface area contributed by atoms with Crippen molar-refractivity contribution < 1.29 is 10.2 Å². The summed E-state index contributed by atoms with van der Waals surface area (Å²) in [6.45, 7) is 0. The number of phenols is 2. The van der Waals surface area contributed by atoms with E-state index in [0.717, 1.165) is 11.1 Å². The number of aromatic hydroxyl groups is 2. The average Bonchev–Trinajstić information content (AvgIpc) is 3.78. The highest BCUT2D eigenvalue weighted by molar-refractivity contribution is 7.18. The van der Waals surface area contributed by atoms with Crippen molar-refractivity contribution in [3.63, 3.8) is 0 Å². The van der Waals surface area contributed by atoms with Crippen LogP contribution in [0.4, 0.5) is 0 Å². The maximum Gasteiger partial charge on any atom is 0.115 e. The molecule has 9 rings (SSSR count). The molecular formula is C41H26O2S2. The van der Waals surface area contributed by atoms with Gasteiger partial charge in [-0.3, -0.25) is 0 Å². The second-order valence-electron chi connectivity index (χ2n) is 11.7. The molecule has 0 bridgehead atoms. The van der Waals surface area contributed by atoms with Crippen LogP contribution >= 0.6 is 22.7 Å². The van der Waals surface area contributed by atoms with Crippen LogP contribution in [-0.2, 0) is 5.41 Å². The fraction of sp³-hybridized carbons (Fsp3) is 0.0244. The van der Waals surface area contributed by atoms with Crippen LogP contribution in [0.3, 0.4) is 0 Å². The number of hydrogen-bond acceptors (Lipinski definition) is 4. The maximum atomic E-state index is 10.4. The van der Waals surface area contributed by atoms with Crippen LogP contribution in [0.5, 0.6) is 11.5 Å². The number of thiophene rings is 2. The third kappa shape index (κ3) is 3.86. The molecule has 2 heterocycles. The standard InChI is InChI=1S/C41H26O2S2/c42-29-15-11-27(12-16-29)41(28-13-17-30(43)18-14-28)37-21-25(35-23-44-39-7-3-1-5-33(35)39)9-19-31(37)32-20-10-26(22-38(32)41)36-24-45-40-8-4-2-6-34(36)40/h1-24,42-43H. The van der Waals surface area contributed by atoms with Gasteiger partial charge in [-0.05, 0) is 104 Å². The summed E-state index contributed by atoms with van der Waals surface area (Å²) >= 11 is 3.54. The predicted molar refractivity (Wildman–Crippen MR) is 189 cm³/mol. The molecule has 1 aliphatic carbocycles. The first-order valence-electron chi connectivity index (χ1n) is 14.9. The van der Waals surface area contributed by atoms with Crippen LogP contribution in [0.2, 0.25) is 0 Å². The van der Waals surface area contributed by atoms with Gasteiger partial charge in [0.25, 0.3) is 0 Å². The minimum Gasteiger partial charge on any atom is -0.508 e. The van der Waals surface area contributed by atoms with E-state index in [-0.39, 0.29) is 11.5 Å². The Balaban J connectivity index is 1.37. The molecule has 2 N–H and O–H groups in total. The van der Waals surface area contributed by atoms with Gasteiger partial charge in [0.05, 0.1) is 5.41 Å². The van der Waals surface area contributed by atoms with Gasteiger partial charge in [-0.2, -0.15) is 0 Å². The van der Waals surface area contributed by atoms with Crippen LogP contribution in [0.15, 0.2) is 144 Å². The molecule has 0 radical (unpaired) electrons. The number of fused-ring (bicyclic) bond motifs is 5. The summed E-state index contributed by atoms with van der Waals surface area (Å²) in [6, 6.07) is 46.2. The molecule has 45 heavy (non-hydrogen) atoms. The Hall–Kier alpha value is -5.16. The second kappa shape index (κ2) is 9.93. The normalized spacial score (nSPS) is 13.2. The van der Waals surface area contributed by atoms with E-state index in [1.807, 2.05) is 24.3 Å². The predicted octanol–water partition coefficient (Wildman–Crippen LogP) is 11.2. The highest BCUT2D eigenvalue weighted by atomic mass is 32.1. The Kier molecular flexibility index (Phi) is 5.79. The van der Waals surface area contributed by atoms with Gasteiger partial charge in [0, 0.05) is 31.3 Å². The van der Waals surface area contributed by atoms with Crippen molar-refractivity contribution in [1.82, 2.24) is 0 Å². The third-order valence-electron chi connectivity index (χ3n) is 9.32. The number of hydrogen-bond donors (Lipinski definition) is 2. The SMILES string of the molecule is Oc1ccc(C2(c3ccc(O)cc3)c3cc(-c4csc5ccccc45)ccc3-c3ccc(-c4csc5ccccc45)cc32)cc1. The molecule has 0 atom stereocenters.